The van der Waals surface area contributed by atoms with Crippen molar-refractivity contribution < 1.29 is 27.4 Å². The molecule has 0 aromatic heterocycles. The lowest BCUT2D eigenvalue weighted by molar-refractivity contribution is -0.120. The van der Waals surface area contributed by atoms with Gasteiger partial charge in [0.2, 0.25) is 5.91 Å². The normalized spacial score (nSPS) is 11.9. The Morgan fingerprint density at radius 2 is 1.60 bits per heavy atom. The van der Waals surface area contributed by atoms with Crippen molar-refractivity contribution in [3.8, 4) is 17.2 Å². The van der Waals surface area contributed by atoms with E-state index in [1.54, 1.807) is 62.6 Å². The number of hydrogen-bond acceptors (Lipinski definition) is 6. The Morgan fingerprint density at radius 1 is 0.943 bits per heavy atom. The van der Waals surface area contributed by atoms with E-state index in [1.165, 1.54) is 32.4 Å². The molecule has 1 atom stereocenters. The number of sulfonamides is 1. The van der Waals surface area contributed by atoms with Crippen molar-refractivity contribution >= 4 is 33.2 Å². The second kappa shape index (κ2) is 11.3. The van der Waals surface area contributed by atoms with Crippen molar-refractivity contribution in [1.82, 2.24) is 5.32 Å². The highest BCUT2D eigenvalue weighted by molar-refractivity contribution is 7.92. The fourth-order valence-electron chi connectivity index (χ4n) is 3.55. The standard InChI is InChI=1S/C25H27ClN2O6S/c1-17(21-15-19(32-2)11-13-23(21)33-3)27-25(29)16-28(22-14-18(26)10-12-24(22)34-4)35(30,31)20-8-6-5-7-9-20/h5-15,17H,16H2,1-4H3,(H,27,29)/t17-/m0/s1. The van der Waals surface area contributed by atoms with Crippen LogP contribution in [-0.2, 0) is 14.8 Å². The molecule has 0 heterocycles. The van der Waals surface area contributed by atoms with Gasteiger partial charge < -0.3 is 19.5 Å². The number of nitrogens with zero attached hydrogens (tertiary/aromatic N) is 1. The molecule has 0 aliphatic heterocycles. The number of anilines is 1. The number of ether oxygens (including phenoxy) is 3. The van der Waals surface area contributed by atoms with Crippen LogP contribution in [0.25, 0.3) is 0 Å². The number of amides is 1. The average molecular weight is 519 g/mol. The lowest BCUT2D eigenvalue weighted by Crippen LogP contribution is -2.41. The molecule has 186 valence electrons. The van der Waals surface area contributed by atoms with Crippen LogP contribution in [0, 0.1) is 0 Å². The van der Waals surface area contributed by atoms with Gasteiger partial charge in [-0.3, -0.25) is 9.10 Å². The highest BCUT2D eigenvalue weighted by Gasteiger charge is 2.30. The van der Waals surface area contributed by atoms with Crippen LogP contribution < -0.4 is 23.8 Å². The first-order chi connectivity index (χ1) is 16.7. The Morgan fingerprint density at radius 3 is 2.23 bits per heavy atom. The molecule has 35 heavy (non-hydrogen) atoms. The predicted octanol–water partition coefficient (Wildman–Crippen LogP) is 4.44. The fourth-order valence-corrected chi connectivity index (χ4v) is 5.16. The van der Waals surface area contributed by atoms with Gasteiger partial charge in [0.15, 0.2) is 0 Å². The third kappa shape index (κ3) is 5.98. The van der Waals surface area contributed by atoms with Gasteiger partial charge >= 0.3 is 0 Å². The first-order valence-corrected chi connectivity index (χ1v) is 12.5. The maximum atomic E-state index is 13.6. The minimum absolute atomic E-state index is 0.0253. The van der Waals surface area contributed by atoms with Gasteiger partial charge in [-0.25, -0.2) is 8.42 Å². The predicted molar refractivity (Wildman–Crippen MR) is 135 cm³/mol. The quantitative estimate of drug-likeness (QED) is 0.426. The van der Waals surface area contributed by atoms with Crippen molar-refractivity contribution in [1.29, 1.82) is 0 Å². The van der Waals surface area contributed by atoms with E-state index in [-0.39, 0.29) is 16.3 Å². The molecule has 0 saturated carbocycles. The van der Waals surface area contributed by atoms with E-state index in [0.29, 0.717) is 22.1 Å². The largest absolute Gasteiger partial charge is 0.497 e. The summed E-state index contributed by atoms with van der Waals surface area (Å²) >= 11 is 6.17. The summed E-state index contributed by atoms with van der Waals surface area (Å²) < 4.78 is 44.2. The van der Waals surface area contributed by atoms with E-state index in [9.17, 15) is 13.2 Å². The van der Waals surface area contributed by atoms with Crippen LogP contribution in [0.5, 0.6) is 17.2 Å². The van der Waals surface area contributed by atoms with E-state index in [2.05, 4.69) is 5.32 Å². The van der Waals surface area contributed by atoms with Crippen molar-refractivity contribution in [2.45, 2.75) is 17.9 Å². The van der Waals surface area contributed by atoms with Crippen molar-refractivity contribution in [2.24, 2.45) is 0 Å². The minimum Gasteiger partial charge on any atom is -0.497 e. The molecule has 8 nitrogen and oxygen atoms in total. The molecule has 0 saturated heterocycles. The third-order valence-electron chi connectivity index (χ3n) is 5.31. The SMILES string of the molecule is COc1ccc(OC)c([C@H](C)NC(=O)CN(c2cc(Cl)ccc2OC)S(=O)(=O)c2ccccc2)c1. The smallest absolute Gasteiger partial charge is 0.264 e. The van der Waals surface area contributed by atoms with Gasteiger partial charge in [-0.1, -0.05) is 29.8 Å². The Balaban J connectivity index is 1.97. The minimum atomic E-state index is -4.13. The molecule has 0 bridgehead atoms. The number of benzene rings is 3. The van der Waals surface area contributed by atoms with E-state index in [1.807, 2.05) is 0 Å². The van der Waals surface area contributed by atoms with Crippen LogP contribution in [0.2, 0.25) is 5.02 Å². The third-order valence-corrected chi connectivity index (χ3v) is 7.32. The molecular formula is C25H27ClN2O6S. The molecule has 0 radical (unpaired) electrons. The average Bonchev–Trinajstić information content (AvgIpc) is 2.87. The number of rotatable bonds is 10. The molecule has 1 N–H and O–H groups in total. The van der Waals surface area contributed by atoms with Crippen LogP contribution in [0.4, 0.5) is 5.69 Å². The number of hydrogen-bond donors (Lipinski definition) is 1. The fraction of sp³-hybridized carbons (Fsp3) is 0.240. The number of nitrogens with one attached hydrogen (secondary N) is 1. The van der Waals surface area contributed by atoms with Crippen LogP contribution in [0.1, 0.15) is 18.5 Å². The first kappa shape index (κ1) is 26.2. The van der Waals surface area contributed by atoms with Gasteiger partial charge in [0.05, 0.1) is 38.0 Å². The van der Waals surface area contributed by atoms with Gasteiger partial charge in [-0.15, -0.1) is 0 Å². The van der Waals surface area contributed by atoms with Crippen molar-refractivity contribution in [3.05, 3.63) is 77.3 Å². The lowest BCUT2D eigenvalue weighted by Gasteiger charge is -2.27. The van der Waals surface area contributed by atoms with E-state index >= 15 is 0 Å². The van der Waals surface area contributed by atoms with Crippen molar-refractivity contribution in [3.63, 3.8) is 0 Å². The summed E-state index contributed by atoms with van der Waals surface area (Å²) in [6.07, 6.45) is 0. The van der Waals surface area contributed by atoms with Gasteiger partial charge in [-0.2, -0.15) is 0 Å². The molecule has 10 heteroatoms. The van der Waals surface area contributed by atoms with Gasteiger partial charge in [0, 0.05) is 10.6 Å². The first-order valence-electron chi connectivity index (χ1n) is 10.6. The molecule has 3 aromatic carbocycles. The maximum absolute atomic E-state index is 13.6. The van der Waals surface area contributed by atoms with Crippen LogP contribution in [0.3, 0.4) is 0 Å². The summed E-state index contributed by atoms with van der Waals surface area (Å²) in [6.45, 7) is 1.26. The maximum Gasteiger partial charge on any atom is 0.264 e. The Hall–Kier alpha value is -3.43. The molecule has 0 spiro atoms. The van der Waals surface area contributed by atoms with E-state index in [0.717, 1.165) is 4.31 Å². The Kier molecular flexibility index (Phi) is 8.48. The number of halogens is 1. The second-order valence-corrected chi connectivity index (χ2v) is 9.84. The van der Waals surface area contributed by atoms with Crippen LogP contribution >= 0.6 is 11.6 Å². The van der Waals surface area contributed by atoms with Crippen molar-refractivity contribution in [2.75, 3.05) is 32.2 Å². The highest BCUT2D eigenvalue weighted by atomic mass is 35.5. The summed E-state index contributed by atoms with van der Waals surface area (Å²) in [5.74, 6) is 0.871. The zero-order chi connectivity index (χ0) is 25.6. The number of carbonyl (C=O) groups is 1. The lowest BCUT2D eigenvalue weighted by atomic mass is 10.1. The second-order valence-electron chi connectivity index (χ2n) is 7.54. The van der Waals surface area contributed by atoms with Gasteiger partial charge in [0.25, 0.3) is 10.0 Å². The Labute approximate surface area is 210 Å². The molecule has 3 rings (SSSR count). The monoisotopic (exact) mass is 518 g/mol. The molecule has 3 aromatic rings. The molecule has 0 fully saturated rings. The highest BCUT2D eigenvalue weighted by Crippen LogP contribution is 2.35. The zero-order valence-electron chi connectivity index (χ0n) is 19.8. The van der Waals surface area contributed by atoms with E-state index in [4.69, 9.17) is 25.8 Å². The number of methoxy groups -OCH3 is 3. The van der Waals surface area contributed by atoms with Crippen LogP contribution in [-0.4, -0.2) is 42.2 Å². The Bertz CT molecular complexity index is 1280. The summed E-state index contributed by atoms with van der Waals surface area (Å²) in [5, 5.41) is 3.14. The van der Waals surface area contributed by atoms with Crippen LogP contribution in [0.15, 0.2) is 71.6 Å². The van der Waals surface area contributed by atoms with Gasteiger partial charge in [-0.05, 0) is 55.5 Å². The molecule has 0 aliphatic carbocycles. The molecule has 0 unspecified atom stereocenters. The zero-order valence-corrected chi connectivity index (χ0v) is 21.4. The summed E-state index contributed by atoms with van der Waals surface area (Å²) in [4.78, 5) is 13.2. The summed E-state index contributed by atoms with van der Waals surface area (Å²) in [7, 11) is 0.349. The number of carbonyl (C=O) groups excluding carboxylic acids is 1. The van der Waals surface area contributed by atoms with Gasteiger partial charge in [0.1, 0.15) is 23.8 Å². The molecule has 1 amide bonds. The topological polar surface area (TPSA) is 94.2 Å². The molecular weight excluding hydrogens is 492 g/mol. The summed E-state index contributed by atoms with van der Waals surface area (Å²) in [5.41, 5.74) is 0.823. The summed E-state index contributed by atoms with van der Waals surface area (Å²) in [6, 6.07) is 17.1. The molecule has 0 aliphatic rings. The van der Waals surface area contributed by atoms with E-state index < -0.39 is 28.5 Å².